The fourth-order valence-corrected chi connectivity index (χ4v) is 4.70. The smallest absolute Gasteiger partial charge is 0.0662 e. The van der Waals surface area contributed by atoms with Gasteiger partial charge in [-0.3, -0.25) is 5.01 Å². The van der Waals surface area contributed by atoms with Gasteiger partial charge in [-0.05, 0) is 43.4 Å². The number of nitrogens with one attached hydrogen (secondary N) is 3. The first-order valence-electron chi connectivity index (χ1n) is 7.14. The Morgan fingerprint density at radius 2 is 2.00 bits per heavy atom. The summed E-state index contributed by atoms with van der Waals surface area (Å²) in [4.78, 5) is 0. The summed E-state index contributed by atoms with van der Waals surface area (Å²) in [5, 5.41) is 2.32. The summed E-state index contributed by atoms with van der Waals surface area (Å²) < 4.78 is 0. The van der Waals surface area contributed by atoms with Crippen molar-refractivity contribution in [3.8, 4) is 0 Å². The quantitative estimate of drug-likeness (QED) is 0.591. The Morgan fingerprint density at radius 1 is 1.06 bits per heavy atom. The minimum Gasteiger partial charge on any atom is -0.297 e. The molecule has 0 aromatic rings. The molecular weight excluding hydrogens is 212 g/mol. The van der Waals surface area contributed by atoms with Crippen LogP contribution in [0.3, 0.4) is 0 Å². The summed E-state index contributed by atoms with van der Waals surface area (Å²) in [6, 6.07) is 1.26. The zero-order valence-electron chi connectivity index (χ0n) is 10.2. The van der Waals surface area contributed by atoms with Crippen molar-refractivity contribution in [3.05, 3.63) is 12.3 Å². The van der Waals surface area contributed by atoms with Crippen molar-refractivity contribution in [2.24, 2.45) is 17.8 Å². The van der Waals surface area contributed by atoms with Crippen LogP contribution < -0.4 is 16.5 Å². The maximum absolute atomic E-state index is 3.43. The molecule has 3 fully saturated rings. The first kappa shape index (κ1) is 10.4. The molecule has 4 aliphatic rings. The molecule has 0 aromatic heterocycles. The molecule has 0 bridgehead atoms. The molecule has 0 spiro atoms. The molecule has 2 saturated carbocycles. The summed E-state index contributed by atoms with van der Waals surface area (Å²) in [6.07, 6.45) is 13.0. The van der Waals surface area contributed by atoms with E-state index in [2.05, 4.69) is 33.8 Å². The lowest BCUT2D eigenvalue weighted by Crippen LogP contribution is -2.72. The van der Waals surface area contributed by atoms with Gasteiger partial charge in [0.1, 0.15) is 0 Å². The van der Waals surface area contributed by atoms with Gasteiger partial charge in [-0.25, -0.2) is 5.43 Å². The van der Waals surface area contributed by atoms with E-state index in [1.807, 2.05) is 0 Å². The van der Waals surface area contributed by atoms with Crippen molar-refractivity contribution in [1.82, 2.24) is 21.5 Å². The molecule has 1 saturated heterocycles. The molecule has 0 aromatic carbocycles. The van der Waals surface area contributed by atoms with E-state index in [1.54, 1.807) is 0 Å². The highest BCUT2D eigenvalue weighted by atomic mass is 15.8. The van der Waals surface area contributed by atoms with Crippen LogP contribution in [0, 0.1) is 17.8 Å². The minimum atomic E-state index is 0.612. The second-order valence-corrected chi connectivity index (χ2v) is 6.11. The number of hydrogen-bond donors (Lipinski definition) is 3. The molecule has 4 heteroatoms. The van der Waals surface area contributed by atoms with E-state index in [9.17, 15) is 0 Å². The fraction of sp³-hybridized carbons (Fsp3) is 0.846. The second kappa shape index (κ2) is 3.97. The molecule has 2 aliphatic heterocycles. The maximum Gasteiger partial charge on any atom is 0.0662 e. The number of allylic oxidation sites excluding steroid dienone is 1. The van der Waals surface area contributed by atoms with Crippen LogP contribution in [0.15, 0.2) is 12.3 Å². The standard InChI is InChI=1S/C13H22N4/c1-3-9-5-2-8-17-13-11(14-15-16-17)7-6-10(4-1)12(9)13/h2,8-16H,1,3-7H2. The molecule has 0 amide bonds. The van der Waals surface area contributed by atoms with Gasteiger partial charge in [-0.2, -0.15) is 11.1 Å². The van der Waals surface area contributed by atoms with Gasteiger partial charge in [0.05, 0.1) is 6.04 Å². The summed E-state index contributed by atoms with van der Waals surface area (Å²) in [5.41, 5.74) is 9.80. The third kappa shape index (κ3) is 1.54. The molecule has 4 rings (SSSR count). The molecule has 5 unspecified atom stereocenters. The fourth-order valence-electron chi connectivity index (χ4n) is 4.70. The summed E-state index contributed by atoms with van der Waals surface area (Å²) in [6.45, 7) is 0. The van der Waals surface area contributed by atoms with Gasteiger partial charge in [0.25, 0.3) is 0 Å². The third-order valence-electron chi connectivity index (χ3n) is 5.36. The maximum atomic E-state index is 3.43. The monoisotopic (exact) mass is 234 g/mol. The number of rotatable bonds is 0. The predicted octanol–water partition coefficient (Wildman–Crippen LogP) is 1.30. The van der Waals surface area contributed by atoms with E-state index in [4.69, 9.17) is 0 Å². The molecule has 0 radical (unpaired) electrons. The average Bonchev–Trinajstić information content (AvgIpc) is 2.57. The molecule has 2 heterocycles. The molecule has 2 aliphatic carbocycles. The van der Waals surface area contributed by atoms with Crippen LogP contribution in [0.5, 0.6) is 0 Å². The Labute approximate surface area is 103 Å². The number of nitrogens with zero attached hydrogens (tertiary/aromatic N) is 1. The molecule has 5 atom stereocenters. The normalized spacial score (nSPS) is 48.5. The Kier molecular flexibility index (Phi) is 2.42. The molecule has 17 heavy (non-hydrogen) atoms. The first-order chi connectivity index (χ1) is 8.43. The van der Waals surface area contributed by atoms with Crippen LogP contribution >= 0.6 is 0 Å². The Bertz CT molecular complexity index is 329. The van der Waals surface area contributed by atoms with Crippen molar-refractivity contribution in [2.45, 2.75) is 50.6 Å². The third-order valence-corrected chi connectivity index (χ3v) is 5.36. The van der Waals surface area contributed by atoms with Gasteiger partial charge >= 0.3 is 0 Å². The Hall–Kier alpha value is -0.580. The number of hydrazine groups is 3. The van der Waals surface area contributed by atoms with Gasteiger partial charge in [0, 0.05) is 12.2 Å². The lowest BCUT2D eigenvalue weighted by molar-refractivity contribution is -0.0557. The van der Waals surface area contributed by atoms with Crippen molar-refractivity contribution in [1.29, 1.82) is 0 Å². The van der Waals surface area contributed by atoms with Crippen LogP contribution in [0.4, 0.5) is 0 Å². The molecule has 3 N–H and O–H groups in total. The van der Waals surface area contributed by atoms with Gasteiger partial charge < -0.3 is 0 Å². The minimum absolute atomic E-state index is 0.612. The Morgan fingerprint density at radius 3 is 3.00 bits per heavy atom. The van der Waals surface area contributed by atoms with Gasteiger partial charge in [-0.15, -0.1) is 0 Å². The van der Waals surface area contributed by atoms with E-state index in [0.717, 1.165) is 17.8 Å². The van der Waals surface area contributed by atoms with E-state index in [1.165, 1.54) is 38.5 Å². The van der Waals surface area contributed by atoms with Gasteiger partial charge in [0.15, 0.2) is 0 Å². The van der Waals surface area contributed by atoms with Crippen molar-refractivity contribution in [2.75, 3.05) is 0 Å². The number of hydrogen-bond acceptors (Lipinski definition) is 4. The van der Waals surface area contributed by atoms with Gasteiger partial charge in [0.2, 0.25) is 0 Å². The van der Waals surface area contributed by atoms with E-state index < -0.39 is 0 Å². The zero-order chi connectivity index (χ0) is 11.2. The van der Waals surface area contributed by atoms with Crippen molar-refractivity contribution >= 4 is 0 Å². The highest BCUT2D eigenvalue weighted by Gasteiger charge is 2.48. The van der Waals surface area contributed by atoms with Crippen LogP contribution in [-0.4, -0.2) is 17.1 Å². The largest absolute Gasteiger partial charge is 0.297 e. The summed E-state index contributed by atoms with van der Waals surface area (Å²) in [7, 11) is 0. The molecule has 4 nitrogen and oxygen atoms in total. The van der Waals surface area contributed by atoms with Crippen molar-refractivity contribution < 1.29 is 0 Å². The first-order valence-corrected chi connectivity index (χ1v) is 7.14. The zero-order valence-corrected chi connectivity index (χ0v) is 10.2. The predicted molar refractivity (Wildman–Crippen MR) is 66.1 cm³/mol. The van der Waals surface area contributed by atoms with Gasteiger partial charge in [-0.1, -0.05) is 18.9 Å². The van der Waals surface area contributed by atoms with Crippen LogP contribution in [0.25, 0.3) is 0 Å². The lowest BCUT2D eigenvalue weighted by Gasteiger charge is -2.53. The Balaban J connectivity index is 1.71. The highest BCUT2D eigenvalue weighted by Crippen LogP contribution is 2.48. The van der Waals surface area contributed by atoms with E-state index in [-0.39, 0.29) is 0 Å². The topological polar surface area (TPSA) is 39.3 Å². The SMILES string of the molecule is C1=CN2NNNC3CCC4CCCC(C1)C4C32. The lowest BCUT2D eigenvalue weighted by atomic mass is 9.61. The highest BCUT2D eigenvalue weighted by molar-refractivity contribution is 5.06. The summed E-state index contributed by atoms with van der Waals surface area (Å²) in [5.74, 6) is 2.78. The molecule has 94 valence electrons. The van der Waals surface area contributed by atoms with Crippen LogP contribution in [-0.2, 0) is 0 Å². The van der Waals surface area contributed by atoms with E-state index in [0.29, 0.717) is 12.1 Å². The average molecular weight is 234 g/mol. The van der Waals surface area contributed by atoms with Crippen LogP contribution in [0.1, 0.15) is 38.5 Å². The summed E-state index contributed by atoms with van der Waals surface area (Å²) >= 11 is 0. The van der Waals surface area contributed by atoms with Crippen molar-refractivity contribution in [3.63, 3.8) is 0 Å². The molecular formula is C13H22N4. The second-order valence-electron chi connectivity index (χ2n) is 6.11. The van der Waals surface area contributed by atoms with Crippen LogP contribution in [0.2, 0.25) is 0 Å². The van der Waals surface area contributed by atoms with E-state index >= 15 is 0 Å².